The number of rotatable bonds is 9. The first kappa shape index (κ1) is 29.2. The van der Waals surface area contributed by atoms with Crippen molar-refractivity contribution in [1.29, 1.82) is 0 Å². The number of aliphatic imine (C=N–C) groups is 1. The third-order valence-corrected chi connectivity index (χ3v) is 5.49. The number of ether oxygens (including phenoxy) is 1. The topological polar surface area (TPSA) is 141 Å². The molecule has 196 valence electrons. The first-order valence-electron chi connectivity index (χ1n) is 11.1. The fourth-order valence-electron chi connectivity index (χ4n) is 2.96. The Labute approximate surface area is 220 Å². The number of hydroxylamine groups is 2. The molecule has 0 heterocycles. The van der Waals surface area contributed by atoms with E-state index in [-0.39, 0.29) is 36.8 Å². The van der Waals surface area contributed by atoms with Gasteiger partial charge in [-0.2, -0.15) is 5.06 Å². The van der Waals surface area contributed by atoms with Gasteiger partial charge in [-0.1, -0.05) is 35.3 Å². The third-order valence-electron chi connectivity index (χ3n) is 4.95. The molecule has 0 radical (unpaired) electrons. The SMILES string of the molecule is CC(C)Oc1ccc(/N=C(\N)N(Cc2ccc(Cl)cc2)C(=O)N(O)C(C)(C)C(=O)NCCO)cc1Cl. The molecule has 0 aliphatic carbocycles. The summed E-state index contributed by atoms with van der Waals surface area (Å²) in [4.78, 5) is 31.2. The largest absolute Gasteiger partial charge is 0.489 e. The minimum Gasteiger partial charge on any atom is -0.489 e. The Bertz CT molecular complexity index is 1090. The molecule has 12 heteroatoms. The van der Waals surface area contributed by atoms with Gasteiger partial charge in [0.05, 0.1) is 30.0 Å². The lowest BCUT2D eigenvalue weighted by molar-refractivity contribution is -0.156. The second-order valence-electron chi connectivity index (χ2n) is 8.60. The van der Waals surface area contributed by atoms with E-state index in [2.05, 4.69) is 10.3 Å². The van der Waals surface area contributed by atoms with Crippen LogP contribution < -0.4 is 15.8 Å². The van der Waals surface area contributed by atoms with E-state index in [1.165, 1.54) is 19.9 Å². The highest BCUT2D eigenvalue weighted by Gasteiger charge is 2.40. The van der Waals surface area contributed by atoms with Gasteiger partial charge in [-0.3, -0.25) is 14.9 Å². The van der Waals surface area contributed by atoms with Crippen molar-refractivity contribution >= 4 is 46.8 Å². The van der Waals surface area contributed by atoms with Gasteiger partial charge in [-0.25, -0.2) is 9.79 Å². The number of urea groups is 1. The smallest absolute Gasteiger partial charge is 0.351 e. The van der Waals surface area contributed by atoms with Crippen LogP contribution in [0.25, 0.3) is 0 Å². The fraction of sp³-hybridized carbons (Fsp3) is 0.375. The molecule has 2 aromatic rings. The number of hydrogen-bond acceptors (Lipinski definition) is 6. The molecular weight excluding hydrogens is 509 g/mol. The molecule has 2 rings (SSSR count). The summed E-state index contributed by atoms with van der Waals surface area (Å²) < 4.78 is 5.62. The predicted molar refractivity (Wildman–Crippen MR) is 139 cm³/mol. The monoisotopic (exact) mass is 539 g/mol. The van der Waals surface area contributed by atoms with Crippen LogP contribution in [0.1, 0.15) is 33.3 Å². The normalized spacial score (nSPS) is 11.9. The van der Waals surface area contributed by atoms with E-state index >= 15 is 0 Å². The zero-order valence-electron chi connectivity index (χ0n) is 20.5. The molecule has 10 nitrogen and oxygen atoms in total. The van der Waals surface area contributed by atoms with Gasteiger partial charge in [0.1, 0.15) is 11.3 Å². The Kier molecular flexibility index (Phi) is 10.4. The van der Waals surface area contributed by atoms with E-state index in [1.54, 1.807) is 36.4 Å². The molecule has 0 aliphatic heterocycles. The molecule has 0 saturated carbocycles. The lowest BCUT2D eigenvalue weighted by atomic mass is 10.0. The number of aliphatic hydroxyl groups is 1. The Morgan fingerprint density at radius 3 is 2.36 bits per heavy atom. The van der Waals surface area contributed by atoms with Gasteiger partial charge in [0.15, 0.2) is 0 Å². The maximum absolute atomic E-state index is 13.4. The summed E-state index contributed by atoms with van der Waals surface area (Å²) in [6, 6.07) is 10.4. The molecule has 0 saturated heterocycles. The molecule has 0 aromatic heterocycles. The van der Waals surface area contributed by atoms with Gasteiger partial charge in [-0.05, 0) is 63.6 Å². The van der Waals surface area contributed by atoms with Gasteiger partial charge in [-0.15, -0.1) is 0 Å². The number of hydrogen-bond donors (Lipinski definition) is 4. The third kappa shape index (κ3) is 7.72. The van der Waals surface area contributed by atoms with Crippen LogP contribution in [0.2, 0.25) is 10.0 Å². The van der Waals surface area contributed by atoms with Gasteiger partial charge in [0.2, 0.25) is 11.9 Å². The highest BCUT2D eigenvalue weighted by atomic mass is 35.5. The van der Waals surface area contributed by atoms with Crippen LogP contribution in [0, 0.1) is 0 Å². The highest BCUT2D eigenvalue weighted by Crippen LogP contribution is 2.30. The molecule has 0 bridgehead atoms. The molecule has 2 aromatic carbocycles. The fourth-order valence-corrected chi connectivity index (χ4v) is 3.30. The maximum Gasteiger partial charge on any atom is 0.351 e. The lowest BCUT2D eigenvalue weighted by Gasteiger charge is -2.35. The van der Waals surface area contributed by atoms with Gasteiger partial charge >= 0.3 is 6.03 Å². The summed E-state index contributed by atoms with van der Waals surface area (Å²) in [5.41, 5.74) is 5.51. The second-order valence-corrected chi connectivity index (χ2v) is 9.44. The summed E-state index contributed by atoms with van der Waals surface area (Å²) in [5.74, 6) is -0.466. The van der Waals surface area contributed by atoms with Crippen molar-refractivity contribution in [3.05, 3.63) is 58.1 Å². The highest BCUT2D eigenvalue weighted by molar-refractivity contribution is 6.32. The van der Waals surface area contributed by atoms with E-state index < -0.39 is 17.5 Å². The molecule has 36 heavy (non-hydrogen) atoms. The van der Waals surface area contributed by atoms with Crippen LogP contribution in [0.5, 0.6) is 5.75 Å². The van der Waals surface area contributed by atoms with Gasteiger partial charge in [0.25, 0.3) is 0 Å². The van der Waals surface area contributed by atoms with E-state index in [1.807, 2.05) is 13.8 Å². The van der Waals surface area contributed by atoms with Crippen LogP contribution in [-0.2, 0) is 11.3 Å². The van der Waals surface area contributed by atoms with Crippen LogP contribution in [0.15, 0.2) is 47.5 Å². The zero-order valence-corrected chi connectivity index (χ0v) is 22.0. The van der Waals surface area contributed by atoms with Crippen molar-refractivity contribution < 1.29 is 24.6 Å². The molecule has 0 spiro atoms. The first-order chi connectivity index (χ1) is 16.9. The summed E-state index contributed by atoms with van der Waals surface area (Å²) in [6.45, 7) is 6.00. The molecule has 5 N–H and O–H groups in total. The number of nitrogens with two attached hydrogens (primary N) is 1. The van der Waals surface area contributed by atoms with Crippen molar-refractivity contribution in [2.75, 3.05) is 13.2 Å². The van der Waals surface area contributed by atoms with E-state index in [4.69, 9.17) is 38.8 Å². The molecule has 3 amide bonds. The van der Waals surface area contributed by atoms with Crippen LogP contribution in [0.3, 0.4) is 0 Å². The van der Waals surface area contributed by atoms with Gasteiger partial charge < -0.3 is 20.9 Å². The molecule has 0 aliphatic rings. The van der Waals surface area contributed by atoms with Crippen LogP contribution in [-0.4, -0.2) is 63.0 Å². The predicted octanol–water partition coefficient (Wildman–Crippen LogP) is 3.93. The number of nitrogens with one attached hydrogen (secondary N) is 1. The Balaban J connectivity index is 2.41. The number of guanidine groups is 1. The van der Waals surface area contributed by atoms with Crippen LogP contribution >= 0.6 is 23.2 Å². The van der Waals surface area contributed by atoms with Crippen molar-refractivity contribution in [3.63, 3.8) is 0 Å². The minimum atomic E-state index is -1.69. The summed E-state index contributed by atoms with van der Waals surface area (Å²) in [5, 5.41) is 23.2. The Morgan fingerprint density at radius 2 is 1.81 bits per heavy atom. The number of carbonyl (C=O) groups excluding carboxylic acids is 2. The number of aliphatic hydroxyl groups excluding tert-OH is 1. The zero-order chi connectivity index (χ0) is 27.0. The Hall–Kier alpha value is -3.05. The van der Waals surface area contributed by atoms with Crippen molar-refractivity contribution in [2.24, 2.45) is 10.7 Å². The standard InChI is InChI=1S/C24H31Cl2N5O5/c1-15(2)36-20-10-9-18(13-19(20)26)29-22(27)30(14-16-5-7-17(25)8-6-16)23(34)31(35)24(3,4)21(33)28-11-12-32/h5-10,13,15,32,35H,11-12,14H2,1-4H3,(H2,27,29)(H,28,33). The lowest BCUT2D eigenvalue weighted by Crippen LogP contribution is -2.60. The Morgan fingerprint density at radius 1 is 1.17 bits per heavy atom. The number of nitrogens with zero attached hydrogens (tertiary/aromatic N) is 3. The average molecular weight is 540 g/mol. The second kappa shape index (κ2) is 12.8. The average Bonchev–Trinajstić information content (AvgIpc) is 2.82. The first-order valence-corrected chi connectivity index (χ1v) is 11.9. The molecule has 0 unspecified atom stereocenters. The summed E-state index contributed by atoms with van der Waals surface area (Å²) in [6.07, 6.45) is -0.0807. The number of carbonyl (C=O) groups is 2. The minimum absolute atomic E-state index is 0.0420. The van der Waals surface area contributed by atoms with E-state index in [0.29, 0.717) is 27.0 Å². The quantitative estimate of drug-likeness (QED) is 0.164. The number of halogens is 2. The maximum atomic E-state index is 13.4. The number of amides is 3. The van der Waals surface area contributed by atoms with E-state index in [9.17, 15) is 14.8 Å². The van der Waals surface area contributed by atoms with E-state index in [0.717, 1.165) is 4.90 Å². The molecular formula is C24H31Cl2N5O5. The molecule has 0 atom stereocenters. The molecule has 0 fully saturated rings. The van der Waals surface area contributed by atoms with Crippen molar-refractivity contribution in [2.45, 2.75) is 45.9 Å². The van der Waals surface area contributed by atoms with Crippen molar-refractivity contribution in [3.8, 4) is 5.75 Å². The van der Waals surface area contributed by atoms with Crippen LogP contribution in [0.4, 0.5) is 10.5 Å². The summed E-state index contributed by atoms with van der Waals surface area (Å²) >= 11 is 12.3. The van der Waals surface area contributed by atoms with Gasteiger partial charge in [0, 0.05) is 11.6 Å². The summed E-state index contributed by atoms with van der Waals surface area (Å²) in [7, 11) is 0. The number of benzene rings is 2. The van der Waals surface area contributed by atoms with Crippen molar-refractivity contribution in [1.82, 2.24) is 15.3 Å².